The number of hydrogen-bond acceptors (Lipinski definition) is 4. The van der Waals surface area contributed by atoms with E-state index in [2.05, 4.69) is 43.3 Å². The van der Waals surface area contributed by atoms with Crippen LogP contribution in [0, 0.1) is 13.8 Å². The minimum absolute atomic E-state index is 0.335. The van der Waals surface area contributed by atoms with E-state index in [-0.39, 0.29) is 0 Å². The van der Waals surface area contributed by atoms with Gasteiger partial charge < -0.3 is 11.1 Å². The Morgan fingerprint density at radius 1 is 1.42 bits per heavy atom. The predicted octanol–water partition coefficient (Wildman–Crippen LogP) is 3.21. The SMILES string of the molecule is CCn1nc(C)c(N)c1NC(C)Cc1ccc(C)s1. The van der Waals surface area contributed by atoms with Crippen LogP contribution in [0.5, 0.6) is 0 Å². The molecule has 5 heteroatoms. The van der Waals surface area contributed by atoms with E-state index >= 15 is 0 Å². The number of nitrogens with two attached hydrogens (primary N) is 1. The second kappa shape index (κ2) is 5.65. The van der Waals surface area contributed by atoms with E-state index in [4.69, 9.17) is 5.73 Å². The third-order valence-corrected chi connectivity index (χ3v) is 4.18. The summed E-state index contributed by atoms with van der Waals surface area (Å²) in [6, 6.07) is 4.70. The van der Waals surface area contributed by atoms with E-state index in [1.54, 1.807) is 0 Å². The summed E-state index contributed by atoms with van der Waals surface area (Å²) in [5, 5.41) is 7.92. The molecule has 1 unspecified atom stereocenters. The Balaban J connectivity index is 2.08. The molecule has 4 nitrogen and oxygen atoms in total. The van der Waals surface area contributed by atoms with Gasteiger partial charge in [-0.25, -0.2) is 4.68 Å². The van der Waals surface area contributed by atoms with Crippen molar-refractivity contribution in [2.75, 3.05) is 11.1 Å². The van der Waals surface area contributed by atoms with Crippen molar-refractivity contribution in [2.45, 2.75) is 46.7 Å². The summed E-state index contributed by atoms with van der Waals surface area (Å²) in [6.45, 7) is 9.16. The van der Waals surface area contributed by atoms with Crippen LogP contribution in [0.3, 0.4) is 0 Å². The van der Waals surface area contributed by atoms with Gasteiger partial charge in [0.15, 0.2) is 0 Å². The molecule has 2 aromatic heterocycles. The molecule has 0 saturated carbocycles. The van der Waals surface area contributed by atoms with Crippen LogP contribution in [0.2, 0.25) is 0 Å². The Labute approximate surface area is 118 Å². The Hall–Kier alpha value is -1.49. The number of aromatic nitrogens is 2. The van der Waals surface area contributed by atoms with Crippen LogP contribution in [0.1, 0.15) is 29.3 Å². The molecule has 2 aromatic rings. The van der Waals surface area contributed by atoms with Crippen LogP contribution in [0.25, 0.3) is 0 Å². The van der Waals surface area contributed by atoms with Gasteiger partial charge in [-0.3, -0.25) is 0 Å². The summed E-state index contributed by atoms with van der Waals surface area (Å²) in [6.07, 6.45) is 1.01. The predicted molar refractivity (Wildman–Crippen MR) is 82.9 cm³/mol. The summed E-state index contributed by atoms with van der Waals surface area (Å²) in [7, 11) is 0. The average Bonchev–Trinajstić information content (AvgIpc) is 2.87. The van der Waals surface area contributed by atoms with Crippen LogP contribution in [-0.2, 0) is 13.0 Å². The first-order chi connectivity index (χ1) is 9.01. The Bertz CT molecular complexity index is 556. The van der Waals surface area contributed by atoms with Crippen molar-refractivity contribution in [2.24, 2.45) is 0 Å². The highest BCUT2D eigenvalue weighted by molar-refractivity contribution is 7.11. The highest BCUT2D eigenvalue weighted by atomic mass is 32.1. The molecule has 0 aliphatic heterocycles. The zero-order valence-electron chi connectivity index (χ0n) is 12.0. The van der Waals surface area contributed by atoms with Gasteiger partial charge in [-0.2, -0.15) is 5.10 Å². The number of anilines is 2. The third-order valence-electron chi connectivity index (χ3n) is 3.16. The zero-order chi connectivity index (χ0) is 14.0. The maximum atomic E-state index is 6.08. The van der Waals surface area contributed by atoms with E-state index < -0.39 is 0 Å². The van der Waals surface area contributed by atoms with Gasteiger partial charge in [0.05, 0.1) is 11.4 Å². The zero-order valence-corrected chi connectivity index (χ0v) is 12.8. The number of aryl methyl sites for hydroxylation is 3. The number of nitrogens with zero attached hydrogens (tertiary/aromatic N) is 2. The van der Waals surface area contributed by atoms with Crippen molar-refractivity contribution in [3.8, 4) is 0 Å². The van der Waals surface area contributed by atoms with E-state index in [1.165, 1.54) is 9.75 Å². The number of hydrogen-bond donors (Lipinski definition) is 2. The molecule has 19 heavy (non-hydrogen) atoms. The number of rotatable bonds is 5. The first kappa shape index (κ1) is 13.9. The number of nitrogen functional groups attached to an aromatic ring is 1. The van der Waals surface area contributed by atoms with Gasteiger partial charge in [-0.05, 0) is 39.8 Å². The van der Waals surface area contributed by atoms with Gasteiger partial charge in [-0.1, -0.05) is 0 Å². The fraction of sp³-hybridized carbons (Fsp3) is 0.500. The second-order valence-corrected chi connectivity index (χ2v) is 6.30. The quantitative estimate of drug-likeness (QED) is 0.883. The Kier molecular flexibility index (Phi) is 4.14. The molecule has 0 amide bonds. The minimum atomic E-state index is 0.335. The van der Waals surface area contributed by atoms with Crippen molar-refractivity contribution in [1.29, 1.82) is 0 Å². The Morgan fingerprint density at radius 2 is 2.16 bits per heavy atom. The molecule has 0 bridgehead atoms. The first-order valence-electron chi connectivity index (χ1n) is 6.66. The maximum absolute atomic E-state index is 6.08. The summed E-state index contributed by atoms with van der Waals surface area (Å²) in [5.74, 6) is 0.945. The summed E-state index contributed by atoms with van der Waals surface area (Å²) in [5.41, 5.74) is 7.73. The third kappa shape index (κ3) is 3.10. The Morgan fingerprint density at radius 3 is 2.74 bits per heavy atom. The molecule has 2 heterocycles. The summed E-state index contributed by atoms with van der Waals surface area (Å²) < 4.78 is 1.93. The van der Waals surface area contributed by atoms with Crippen LogP contribution >= 0.6 is 11.3 Å². The molecule has 0 aliphatic rings. The van der Waals surface area contributed by atoms with Crippen molar-refractivity contribution in [1.82, 2.24) is 9.78 Å². The molecule has 0 saturated heterocycles. The first-order valence-corrected chi connectivity index (χ1v) is 7.47. The van der Waals surface area contributed by atoms with Crippen LogP contribution in [0.4, 0.5) is 11.5 Å². The van der Waals surface area contributed by atoms with Gasteiger partial charge in [0.25, 0.3) is 0 Å². The molecule has 0 radical (unpaired) electrons. The largest absolute Gasteiger partial charge is 0.394 e. The van der Waals surface area contributed by atoms with Gasteiger partial charge in [-0.15, -0.1) is 11.3 Å². The lowest BCUT2D eigenvalue weighted by Gasteiger charge is -2.16. The van der Waals surface area contributed by atoms with Gasteiger partial charge in [0.2, 0.25) is 0 Å². The van der Waals surface area contributed by atoms with E-state index in [1.807, 2.05) is 22.9 Å². The fourth-order valence-corrected chi connectivity index (χ4v) is 3.18. The van der Waals surface area contributed by atoms with Gasteiger partial charge in [0, 0.05) is 28.8 Å². The molecule has 0 spiro atoms. The van der Waals surface area contributed by atoms with Crippen molar-refractivity contribution >= 4 is 22.8 Å². The smallest absolute Gasteiger partial charge is 0.148 e. The normalized spacial score (nSPS) is 12.6. The minimum Gasteiger partial charge on any atom is -0.394 e. The van der Waals surface area contributed by atoms with Gasteiger partial charge in [0.1, 0.15) is 5.82 Å². The standard InChI is InChI=1S/C14H22N4S/c1-5-18-14(13(15)11(4)17-18)16-9(2)8-12-7-6-10(3)19-12/h6-7,9,16H,5,8,15H2,1-4H3. The summed E-state index contributed by atoms with van der Waals surface area (Å²) in [4.78, 5) is 2.76. The molecule has 0 aliphatic carbocycles. The molecule has 104 valence electrons. The molecule has 2 rings (SSSR count). The molecule has 1 atom stereocenters. The van der Waals surface area contributed by atoms with E-state index in [9.17, 15) is 0 Å². The van der Waals surface area contributed by atoms with Crippen molar-refractivity contribution < 1.29 is 0 Å². The number of thiophene rings is 1. The van der Waals surface area contributed by atoms with Gasteiger partial charge >= 0.3 is 0 Å². The van der Waals surface area contributed by atoms with E-state index in [0.717, 1.165) is 30.2 Å². The summed E-state index contributed by atoms with van der Waals surface area (Å²) >= 11 is 1.85. The van der Waals surface area contributed by atoms with E-state index in [0.29, 0.717) is 6.04 Å². The van der Waals surface area contributed by atoms with Crippen LogP contribution in [0.15, 0.2) is 12.1 Å². The molecular formula is C14H22N4S. The van der Waals surface area contributed by atoms with Crippen molar-refractivity contribution in [3.05, 3.63) is 27.6 Å². The molecular weight excluding hydrogens is 256 g/mol. The topological polar surface area (TPSA) is 55.9 Å². The second-order valence-electron chi connectivity index (χ2n) is 4.93. The maximum Gasteiger partial charge on any atom is 0.148 e. The monoisotopic (exact) mass is 278 g/mol. The molecule has 3 N–H and O–H groups in total. The lowest BCUT2D eigenvalue weighted by Crippen LogP contribution is -2.20. The average molecular weight is 278 g/mol. The fourth-order valence-electron chi connectivity index (χ4n) is 2.16. The molecule has 0 aromatic carbocycles. The van der Waals surface area contributed by atoms with Crippen LogP contribution < -0.4 is 11.1 Å². The van der Waals surface area contributed by atoms with Crippen LogP contribution in [-0.4, -0.2) is 15.8 Å². The highest BCUT2D eigenvalue weighted by Crippen LogP contribution is 2.24. The lowest BCUT2D eigenvalue weighted by atomic mass is 10.2. The molecule has 0 fully saturated rings. The number of nitrogens with one attached hydrogen (secondary N) is 1. The highest BCUT2D eigenvalue weighted by Gasteiger charge is 2.14. The lowest BCUT2D eigenvalue weighted by molar-refractivity contribution is 0.648. The van der Waals surface area contributed by atoms with Crippen molar-refractivity contribution in [3.63, 3.8) is 0 Å².